The van der Waals surface area contributed by atoms with Crippen LogP contribution in [-0.2, 0) is 19.6 Å². The summed E-state index contributed by atoms with van der Waals surface area (Å²) in [7, 11) is -4.12. The molecule has 2 atom stereocenters. The van der Waals surface area contributed by atoms with Gasteiger partial charge in [0.15, 0.2) is 0 Å². The molecule has 7 heteroatoms. The van der Waals surface area contributed by atoms with Gasteiger partial charge >= 0.3 is 5.97 Å². The van der Waals surface area contributed by atoms with Crippen molar-refractivity contribution in [3.05, 3.63) is 78.4 Å². The van der Waals surface area contributed by atoms with Gasteiger partial charge in [0.25, 0.3) is 0 Å². The highest BCUT2D eigenvalue weighted by molar-refractivity contribution is 7.89. The second-order valence-corrected chi connectivity index (χ2v) is 12.2. The molecule has 2 unspecified atom stereocenters. The first-order valence-corrected chi connectivity index (χ1v) is 16.3. The topological polar surface area (TPSA) is 92.7 Å². The number of rotatable bonds is 19. The number of ether oxygens (including phenoxy) is 1. The maximum Gasteiger partial charge on any atom is 0.327 e. The molecule has 218 valence electrons. The van der Waals surface area contributed by atoms with Gasteiger partial charge in [-0.3, -0.25) is 4.79 Å². The number of unbranched alkanes of at least 4 members (excludes halogenated alkanes) is 11. The molecule has 0 aromatic heterocycles. The molecule has 3 aromatic rings. The van der Waals surface area contributed by atoms with Gasteiger partial charge in [-0.1, -0.05) is 138 Å². The Morgan fingerprint density at radius 3 is 1.93 bits per heavy atom. The van der Waals surface area contributed by atoms with Crippen LogP contribution in [0, 0.1) is 0 Å². The number of aliphatic hydroxyl groups is 1. The smallest absolute Gasteiger partial charge is 0.327 e. The van der Waals surface area contributed by atoms with E-state index in [0.29, 0.717) is 12.0 Å². The third-order valence-corrected chi connectivity index (χ3v) is 8.71. The summed E-state index contributed by atoms with van der Waals surface area (Å²) in [5.74, 6) is -0.788. The van der Waals surface area contributed by atoms with E-state index >= 15 is 0 Å². The van der Waals surface area contributed by atoms with Crippen molar-refractivity contribution in [2.75, 3.05) is 6.61 Å². The summed E-state index contributed by atoms with van der Waals surface area (Å²) in [5, 5.41) is 12.7. The lowest BCUT2D eigenvalue weighted by atomic mass is 10.0. The Kier molecular flexibility index (Phi) is 13.6. The maximum absolute atomic E-state index is 13.3. The average Bonchev–Trinajstić information content (AvgIpc) is 2.98. The van der Waals surface area contributed by atoms with Crippen molar-refractivity contribution in [2.24, 2.45) is 0 Å². The molecule has 3 rings (SSSR count). The standard InChI is InChI=1S/C33H45NO5S/c1-2-3-4-5-6-7-8-9-10-11-12-18-25-39-33(36)31(32(35)28-20-14-13-15-21-28)34-40(37,38)30-24-23-27-19-16-17-22-29(27)26-30/h13-17,19-24,26,31-32,34-35H,2-12,18,25H2,1H3. The van der Waals surface area contributed by atoms with E-state index in [9.17, 15) is 18.3 Å². The Balaban J connectivity index is 1.51. The normalized spacial score (nSPS) is 13.2. The molecule has 0 aliphatic carbocycles. The van der Waals surface area contributed by atoms with Crippen LogP contribution in [0.4, 0.5) is 0 Å². The van der Waals surface area contributed by atoms with Crippen molar-refractivity contribution in [1.82, 2.24) is 4.72 Å². The van der Waals surface area contributed by atoms with Crippen molar-refractivity contribution >= 4 is 26.8 Å². The zero-order chi connectivity index (χ0) is 28.6. The Morgan fingerprint density at radius 1 is 0.750 bits per heavy atom. The van der Waals surface area contributed by atoms with E-state index in [2.05, 4.69) is 11.6 Å². The second-order valence-electron chi connectivity index (χ2n) is 10.5. The number of carbonyl (C=O) groups excluding carboxylic acids is 1. The molecular weight excluding hydrogens is 522 g/mol. The van der Waals surface area contributed by atoms with E-state index in [1.54, 1.807) is 42.5 Å². The molecule has 40 heavy (non-hydrogen) atoms. The Labute approximate surface area is 240 Å². The predicted octanol–water partition coefficient (Wildman–Crippen LogP) is 7.46. The Hall–Kier alpha value is -2.74. The average molecular weight is 568 g/mol. The maximum atomic E-state index is 13.3. The molecule has 6 nitrogen and oxygen atoms in total. The van der Waals surface area contributed by atoms with Crippen molar-refractivity contribution in [2.45, 2.75) is 101 Å². The SMILES string of the molecule is CCCCCCCCCCCCCCOC(=O)C(NS(=O)(=O)c1ccc2ccccc2c1)C(O)c1ccccc1. The number of sulfonamides is 1. The Bertz CT molecular complexity index is 1260. The van der Waals surface area contributed by atoms with E-state index in [1.165, 1.54) is 63.9 Å². The summed E-state index contributed by atoms with van der Waals surface area (Å²) in [6.45, 7) is 2.42. The van der Waals surface area contributed by atoms with Gasteiger partial charge < -0.3 is 9.84 Å². The fourth-order valence-corrected chi connectivity index (χ4v) is 6.08. The summed E-state index contributed by atoms with van der Waals surface area (Å²) < 4.78 is 34.5. The van der Waals surface area contributed by atoms with Crippen molar-refractivity contribution in [3.63, 3.8) is 0 Å². The van der Waals surface area contributed by atoms with Gasteiger partial charge in [0, 0.05) is 0 Å². The van der Waals surface area contributed by atoms with E-state index < -0.39 is 28.1 Å². The number of carbonyl (C=O) groups is 1. The molecule has 0 bridgehead atoms. The summed E-state index contributed by atoms with van der Waals surface area (Å²) >= 11 is 0. The van der Waals surface area contributed by atoms with Crippen LogP contribution in [0.5, 0.6) is 0 Å². The number of fused-ring (bicyclic) bond motifs is 1. The van der Waals surface area contributed by atoms with E-state index in [0.717, 1.165) is 23.6 Å². The first-order chi connectivity index (χ1) is 19.4. The van der Waals surface area contributed by atoms with Crippen LogP contribution in [0.1, 0.15) is 95.6 Å². The molecular formula is C33H45NO5S. The molecule has 0 fully saturated rings. The minimum absolute atomic E-state index is 0.0187. The molecule has 0 heterocycles. The van der Waals surface area contributed by atoms with Gasteiger partial charge in [0.2, 0.25) is 10.0 Å². The lowest BCUT2D eigenvalue weighted by Crippen LogP contribution is -2.46. The number of esters is 1. The number of aliphatic hydroxyl groups excluding tert-OH is 1. The fourth-order valence-electron chi connectivity index (χ4n) is 4.86. The lowest BCUT2D eigenvalue weighted by Gasteiger charge is -2.23. The second kappa shape index (κ2) is 17.2. The zero-order valence-electron chi connectivity index (χ0n) is 23.8. The number of hydrogen-bond donors (Lipinski definition) is 2. The van der Waals surface area contributed by atoms with Gasteiger partial charge in [0.05, 0.1) is 11.5 Å². The van der Waals surface area contributed by atoms with Crippen LogP contribution in [0.3, 0.4) is 0 Å². The highest BCUT2D eigenvalue weighted by atomic mass is 32.2. The van der Waals surface area contributed by atoms with Crippen LogP contribution >= 0.6 is 0 Å². The first-order valence-electron chi connectivity index (χ1n) is 14.8. The van der Waals surface area contributed by atoms with Crippen LogP contribution in [0.25, 0.3) is 10.8 Å². The zero-order valence-corrected chi connectivity index (χ0v) is 24.6. The van der Waals surface area contributed by atoms with Crippen molar-refractivity contribution < 1.29 is 23.1 Å². The van der Waals surface area contributed by atoms with Gasteiger partial charge in [-0.05, 0) is 34.9 Å². The van der Waals surface area contributed by atoms with Gasteiger partial charge in [0.1, 0.15) is 12.1 Å². The third-order valence-electron chi connectivity index (χ3n) is 7.27. The summed E-state index contributed by atoms with van der Waals surface area (Å²) in [6.07, 6.45) is 13.0. The molecule has 0 aliphatic rings. The van der Waals surface area contributed by atoms with E-state index in [1.807, 2.05) is 24.3 Å². The van der Waals surface area contributed by atoms with Crippen LogP contribution in [-0.4, -0.2) is 32.1 Å². The van der Waals surface area contributed by atoms with Crippen LogP contribution in [0.2, 0.25) is 0 Å². The number of nitrogens with one attached hydrogen (secondary N) is 1. The van der Waals surface area contributed by atoms with Crippen molar-refractivity contribution in [3.8, 4) is 0 Å². The van der Waals surface area contributed by atoms with E-state index in [4.69, 9.17) is 4.74 Å². The molecule has 0 aliphatic heterocycles. The highest BCUT2D eigenvalue weighted by Crippen LogP contribution is 2.23. The molecule has 0 amide bonds. The number of hydrogen-bond acceptors (Lipinski definition) is 5. The largest absolute Gasteiger partial charge is 0.464 e. The molecule has 0 saturated heterocycles. The molecule has 2 N–H and O–H groups in total. The minimum atomic E-state index is -4.12. The third kappa shape index (κ3) is 10.3. The van der Waals surface area contributed by atoms with Crippen LogP contribution < -0.4 is 4.72 Å². The van der Waals surface area contributed by atoms with Crippen LogP contribution in [0.15, 0.2) is 77.7 Å². The molecule has 0 radical (unpaired) electrons. The fraction of sp³-hybridized carbons (Fsp3) is 0.485. The summed E-state index contributed by atoms with van der Waals surface area (Å²) in [6, 6.07) is 19.3. The van der Waals surface area contributed by atoms with E-state index in [-0.39, 0.29) is 11.5 Å². The van der Waals surface area contributed by atoms with Crippen molar-refractivity contribution in [1.29, 1.82) is 0 Å². The monoisotopic (exact) mass is 567 g/mol. The molecule has 0 spiro atoms. The number of benzene rings is 3. The lowest BCUT2D eigenvalue weighted by molar-refractivity contribution is -0.148. The highest BCUT2D eigenvalue weighted by Gasteiger charge is 2.34. The molecule has 0 saturated carbocycles. The first kappa shape index (κ1) is 31.8. The summed E-state index contributed by atoms with van der Waals surface area (Å²) in [5.41, 5.74) is 0.427. The predicted molar refractivity (Wildman–Crippen MR) is 161 cm³/mol. The minimum Gasteiger partial charge on any atom is -0.464 e. The van der Waals surface area contributed by atoms with Gasteiger partial charge in [-0.2, -0.15) is 4.72 Å². The van der Waals surface area contributed by atoms with Gasteiger partial charge in [-0.25, -0.2) is 8.42 Å². The molecule has 3 aromatic carbocycles. The quantitative estimate of drug-likeness (QED) is 0.116. The Morgan fingerprint density at radius 2 is 1.30 bits per heavy atom. The van der Waals surface area contributed by atoms with Gasteiger partial charge in [-0.15, -0.1) is 0 Å². The summed E-state index contributed by atoms with van der Waals surface area (Å²) in [4.78, 5) is 13.1.